The number of aliphatic hydroxyl groups excluding tert-OH is 1. The minimum atomic E-state index is -0.874. The molecule has 2 rings (SSSR count). The topological polar surface area (TPSA) is 81.2 Å². The van der Waals surface area contributed by atoms with Gasteiger partial charge in [-0.3, -0.25) is 14.8 Å². The largest absolute Gasteiger partial charge is 0.386 e. The minimum Gasteiger partial charge on any atom is -0.386 e. The zero-order valence-electron chi connectivity index (χ0n) is 11.1. The van der Waals surface area contributed by atoms with E-state index < -0.39 is 11.0 Å². The molecule has 0 saturated carbocycles. The van der Waals surface area contributed by atoms with Gasteiger partial charge in [0.05, 0.1) is 17.6 Å². The number of hydrogen-bond acceptors (Lipinski definition) is 4. The second-order valence-electron chi connectivity index (χ2n) is 4.50. The average molecular weight is 296 g/mol. The number of hydrogen-bond donors (Lipinski definition) is 1. The molecule has 20 heavy (non-hydrogen) atoms. The van der Waals surface area contributed by atoms with Gasteiger partial charge in [-0.15, -0.1) is 0 Å². The van der Waals surface area contributed by atoms with E-state index in [0.29, 0.717) is 22.0 Å². The van der Waals surface area contributed by atoms with Crippen molar-refractivity contribution < 1.29 is 10.0 Å². The Morgan fingerprint density at radius 2 is 2.10 bits per heavy atom. The summed E-state index contributed by atoms with van der Waals surface area (Å²) in [5.41, 5.74) is 1.30. The molecular weight excluding hydrogens is 282 g/mol. The fourth-order valence-electron chi connectivity index (χ4n) is 2.14. The van der Waals surface area contributed by atoms with Crippen molar-refractivity contribution in [3.63, 3.8) is 0 Å². The predicted octanol–water partition coefficient (Wildman–Crippen LogP) is 2.80. The Balaban J connectivity index is 2.29. The molecule has 0 amide bonds. The van der Waals surface area contributed by atoms with Crippen molar-refractivity contribution in [2.75, 3.05) is 0 Å². The van der Waals surface area contributed by atoms with E-state index in [1.807, 2.05) is 0 Å². The summed E-state index contributed by atoms with van der Waals surface area (Å²) in [5, 5.41) is 25.7. The van der Waals surface area contributed by atoms with Crippen LogP contribution in [0.4, 0.5) is 5.69 Å². The molecule has 0 aliphatic heterocycles. The number of rotatable bonds is 4. The first-order valence-electron chi connectivity index (χ1n) is 6.02. The maximum atomic E-state index is 10.9. The first kappa shape index (κ1) is 14.5. The summed E-state index contributed by atoms with van der Waals surface area (Å²) >= 11 is 6.01. The van der Waals surface area contributed by atoms with Crippen LogP contribution in [0.5, 0.6) is 0 Å². The van der Waals surface area contributed by atoms with Crippen molar-refractivity contribution in [2.24, 2.45) is 0 Å². The lowest BCUT2D eigenvalue weighted by Crippen LogP contribution is -2.12. The molecule has 0 saturated heterocycles. The van der Waals surface area contributed by atoms with Crippen LogP contribution >= 0.6 is 11.6 Å². The van der Waals surface area contributed by atoms with Crippen LogP contribution in [0, 0.1) is 24.0 Å². The molecule has 106 valence electrons. The van der Waals surface area contributed by atoms with Gasteiger partial charge in [-0.25, -0.2) is 0 Å². The van der Waals surface area contributed by atoms with E-state index in [0.717, 1.165) is 0 Å². The van der Waals surface area contributed by atoms with Crippen LogP contribution in [-0.2, 0) is 6.54 Å². The van der Waals surface area contributed by atoms with Crippen molar-refractivity contribution in [2.45, 2.75) is 26.5 Å². The minimum absolute atomic E-state index is 0.0173. The van der Waals surface area contributed by atoms with Crippen LogP contribution in [0.25, 0.3) is 0 Å². The lowest BCUT2D eigenvalue weighted by molar-refractivity contribution is -0.386. The maximum absolute atomic E-state index is 10.9. The van der Waals surface area contributed by atoms with Gasteiger partial charge in [0, 0.05) is 10.6 Å². The Bertz CT molecular complexity index is 654. The molecule has 0 aliphatic carbocycles. The zero-order valence-corrected chi connectivity index (χ0v) is 11.8. The SMILES string of the molecule is Cc1nn(C[C@H](O)c2ccccc2Cl)c(C)c1[N+](=O)[O-]. The van der Waals surface area contributed by atoms with Gasteiger partial charge in [-0.05, 0) is 19.9 Å². The molecule has 6 nitrogen and oxygen atoms in total. The third-order valence-electron chi connectivity index (χ3n) is 3.14. The highest BCUT2D eigenvalue weighted by molar-refractivity contribution is 6.31. The monoisotopic (exact) mass is 295 g/mol. The Morgan fingerprint density at radius 3 is 2.65 bits per heavy atom. The first-order valence-corrected chi connectivity index (χ1v) is 6.40. The van der Waals surface area contributed by atoms with Gasteiger partial charge in [-0.1, -0.05) is 29.8 Å². The number of nitro groups is 1. The Hall–Kier alpha value is -1.92. The summed E-state index contributed by atoms with van der Waals surface area (Å²) in [6.45, 7) is 3.30. The molecule has 0 spiro atoms. The second kappa shape index (κ2) is 5.60. The van der Waals surface area contributed by atoms with Crippen LogP contribution in [0.3, 0.4) is 0 Å². The lowest BCUT2D eigenvalue weighted by Gasteiger charge is -2.13. The second-order valence-corrected chi connectivity index (χ2v) is 4.90. The average Bonchev–Trinajstić information content (AvgIpc) is 2.64. The van der Waals surface area contributed by atoms with Gasteiger partial charge in [0.2, 0.25) is 0 Å². The smallest absolute Gasteiger partial charge is 0.312 e. The van der Waals surface area contributed by atoms with Crippen molar-refractivity contribution in [3.05, 3.63) is 56.4 Å². The molecule has 1 heterocycles. The fourth-order valence-corrected chi connectivity index (χ4v) is 2.40. The van der Waals surface area contributed by atoms with Gasteiger partial charge >= 0.3 is 5.69 Å². The molecule has 0 fully saturated rings. The zero-order chi connectivity index (χ0) is 14.9. The first-order chi connectivity index (χ1) is 9.41. The van der Waals surface area contributed by atoms with Crippen LogP contribution in [0.1, 0.15) is 23.1 Å². The summed E-state index contributed by atoms with van der Waals surface area (Å²) in [6.07, 6.45) is -0.874. The summed E-state index contributed by atoms with van der Waals surface area (Å²) in [4.78, 5) is 10.5. The molecule has 0 aliphatic rings. The fraction of sp³-hybridized carbons (Fsp3) is 0.308. The van der Waals surface area contributed by atoms with E-state index in [-0.39, 0.29) is 12.2 Å². The highest BCUT2D eigenvalue weighted by Crippen LogP contribution is 2.27. The molecule has 1 aromatic heterocycles. The standard InChI is InChI=1S/C13H14ClN3O3/c1-8-13(17(19)20)9(2)16(15-8)7-12(18)10-5-3-4-6-11(10)14/h3-6,12,18H,7H2,1-2H3/t12-/m0/s1. The highest BCUT2D eigenvalue weighted by atomic mass is 35.5. The summed E-state index contributed by atoms with van der Waals surface area (Å²) < 4.78 is 1.43. The van der Waals surface area contributed by atoms with Crippen molar-refractivity contribution in [1.29, 1.82) is 0 Å². The number of benzene rings is 1. The Morgan fingerprint density at radius 1 is 1.45 bits per heavy atom. The maximum Gasteiger partial charge on any atom is 0.312 e. The van der Waals surface area contributed by atoms with Crippen LogP contribution < -0.4 is 0 Å². The van der Waals surface area contributed by atoms with Crippen LogP contribution in [0.2, 0.25) is 5.02 Å². The predicted molar refractivity (Wildman–Crippen MR) is 74.8 cm³/mol. The molecule has 7 heteroatoms. The third kappa shape index (κ3) is 2.66. The Kier molecular flexibility index (Phi) is 4.06. The normalized spacial score (nSPS) is 12.4. The summed E-state index contributed by atoms with van der Waals surface area (Å²) in [5.74, 6) is 0. The van der Waals surface area contributed by atoms with E-state index in [4.69, 9.17) is 11.6 Å². The Labute approximate surface area is 120 Å². The highest BCUT2D eigenvalue weighted by Gasteiger charge is 2.23. The summed E-state index contributed by atoms with van der Waals surface area (Å²) in [6, 6.07) is 6.94. The van der Waals surface area contributed by atoms with E-state index in [1.54, 1.807) is 38.1 Å². The van der Waals surface area contributed by atoms with Gasteiger partial charge in [0.25, 0.3) is 0 Å². The van der Waals surface area contributed by atoms with Gasteiger partial charge in [0.1, 0.15) is 11.4 Å². The number of halogens is 1. The third-order valence-corrected chi connectivity index (χ3v) is 3.48. The van der Waals surface area contributed by atoms with Crippen molar-refractivity contribution in [3.8, 4) is 0 Å². The lowest BCUT2D eigenvalue weighted by atomic mass is 10.1. The molecule has 0 bridgehead atoms. The van der Waals surface area contributed by atoms with E-state index >= 15 is 0 Å². The van der Waals surface area contributed by atoms with Gasteiger partial charge in [0.15, 0.2) is 0 Å². The molecule has 0 unspecified atom stereocenters. The van der Waals surface area contributed by atoms with Crippen LogP contribution in [0.15, 0.2) is 24.3 Å². The number of aliphatic hydroxyl groups is 1. The molecular formula is C13H14ClN3O3. The molecule has 1 atom stereocenters. The molecule has 1 aromatic carbocycles. The molecule has 0 radical (unpaired) electrons. The summed E-state index contributed by atoms with van der Waals surface area (Å²) in [7, 11) is 0. The number of aromatic nitrogens is 2. The van der Waals surface area contributed by atoms with Gasteiger partial charge < -0.3 is 5.11 Å². The van der Waals surface area contributed by atoms with Crippen molar-refractivity contribution >= 4 is 17.3 Å². The number of nitrogens with zero attached hydrogens (tertiary/aromatic N) is 3. The van der Waals surface area contributed by atoms with Crippen molar-refractivity contribution in [1.82, 2.24) is 9.78 Å². The van der Waals surface area contributed by atoms with Gasteiger partial charge in [-0.2, -0.15) is 5.10 Å². The van der Waals surface area contributed by atoms with E-state index in [1.165, 1.54) is 4.68 Å². The molecule has 2 aromatic rings. The van der Waals surface area contributed by atoms with Crippen LogP contribution in [-0.4, -0.2) is 19.8 Å². The van der Waals surface area contributed by atoms with E-state index in [2.05, 4.69) is 5.10 Å². The van der Waals surface area contributed by atoms with E-state index in [9.17, 15) is 15.2 Å². The quantitative estimate of drug-likeness (QED) is 0.694. The molecule has 1 N–H and O–H groups in total. The number of aryl methyl sites for hydroxylation is 1.